The highest BCUT2D eigenvalue weighted by atomic mass is 79.9. The number of aliphatic carboxylic acids is 1. The minimum Gasteiger partial charge on any atom is -0.480 e. The summed E-state index contributed by atoms with van der Waals surface area (Å²) in [4.78, 5) is 15.3. The molecule has 1 aromatic rings. The van der Waals surface area contributed by atoms with E-state index in [0.717, 1.165) is 55.4 Å². The van der Waals surface area contributed by atoms with E-state index in [1.807, 2.05) is 18.3 Å². The second-order valence-corrected chi connectivity index (χ2v) is 7.29. The Bertz CT molecular complexity index is 543. The minimum absolute atomic E-state index is 0.260. The number of nitrogens with zero attached hydrogens (tertiary/aromatic N) is 1. The van der Waals surface area contributed by atoms with Crippen LogP contribution in [0.5, 0.6) is 0 Å². The predicted molar refractivity (Wildman–Crippen MR) is 85.6 cm³/mol. The fourth-order valence-electron chi connectivity index (χ4n) is 3.93. The summed E-state index contributed by atoms with van der Waals surface area (Å²) >= 11 is 3.35. The van der Waals surface area contributed by atoms with Crippen molar-refractivity contribution < 1.29 is 14.6 Å². The van der Waals surface area contributed by atoms with E-state index in [2.05, 4.69) is 26.2 Å². The van der Waals surface area contributed by atoms with Crippen LogP contribution in [-0.4, -0.2) is 35.8 Å². The van der Waals surface area contributed by atoms with Crippen LogP contribution in [0.25, 0.3) is 0 Å². The Morgan fingerprint density at radius 3 is 2.73 bits per heavy atom. The Morgan fingerprint density at radius 1 is 1.32 bits per heavy atom. The van der Waals surface area contributed by atoms with Crippen LogP contribution in [0.2, 0.25) is 0 Å². The fraction of sp³-hybridized carbons (Fsp3) is 0.625. The van der Waals surface area contributed by atoms with Gasteiger partial charge in [-0.2, -0.15) is 0 Å². The Kier molecular flexibility index (Phi) is 4.52. The predicted octanol–water partition coefficient (Wildman–Crippen LogP) is 2.69. The largest absolute Gasteiger partial charge is 0.480 e. The molecular weight excluding hydrogens is 348 g/mol. The van der Waals surface area contributed by atoms with E-state index in [-0.39, 0.29) is 12.0 Å². The topological polar surface area (TPSA) is 71.5 Å². The van der Waals surface area contributed by atoms with Gasteiger partial charge < -0.3 is 15.2 Å². The number of carboxylic acid groups (broad SMARTS) is 1. The van der Waals surface area contributed by atoms with Crippen molar-refractivity contribution in [3.8, 4) is 0 Å². The van der Waals surface area contributed by atoms with E-state index >= 15 is 0 Å². The molecule has 1 spiro atoms. The molecule has 1 aromatic heterocycles. The van der Waals surface area contributed by atoms with Gasteiger partial charge in [0.1, 0.15) is 11.2 Å². The zero-order chi connectivity index (χ0) is 15.6. The van der Waals surface area contributed by atoms with Crippen molar-refractivity contribution in [2.75, 3.05) is 19.7 Å². The van der Waals surface area contributed by atoms with Crippen LogP contribution in [-0.2, 0) is 15.1 Å². The smallest absolute Gasteiger partial charge is 0.329 e. The lowest BCUT2D eigenvalue weighted by atomic mass is 9.75. The summed E-state index contributed by atoms with van der Waals surface area (Å²) in [6, 6.07) is 3.90. The molecule has 1 atom stereocenters. The average Bonchev–Trinajstić information content (AvgIpc) is 2.86. The number of halogens is 1. The molecule has 3 rings (SSSR count). The standard InChI is InChI=1S/C16H21BrN2O3/c17-13-2-1-12(9-19-13)16(22-10-14(20)21)4-3-15(11-16)5-7-18-8-6-15/h1-2,9,18H,3-8,10-11H2,(H,20,21). The molecule has 0 radical (unpaired) electrons. The summed E-state index contributed by atoms with van der Waals surface area (Å²) in [7, 11) is 0. The molecule has 1 saturated carbocycles. The van der Waals surface area contributed by atoms with Crippen molar-refractivity contribution in [1.82, 2.24) is 10.3 Å². The number of pyridine rings is 1. The number of hydrogen-bond donors (Lipinski definition) is 2. The molecule has 0 aromatic carbocycles. The molecule has 2 fully saturated rings. The lowest BCUT2D eigenvalue weighted by Gasteiger charge is -2.37. The molecule has 2 heterocycles. The Hall–Kier alpha value is -0.980. The number of carbonyl (C=O) groups is 1. The third kappa shape index (κ3) is 3.19. The van der Waals surface area contributed by atoms with Gasteiger partial charge in [-0.1, -0.05) is 6.07 Å². The molecule has 0 bridgehead atoms. The molecule has 22 heavy (non-hydrogen) atoms. The quantitative estimate of drug-likeness (QED) is 0.799. The summed E-state index contributed by atoms with van der Waals surface area (Å²) < 4.78 is 6.71. The van der Waals surface area contributed by atoms with Crippen LogP contribution in [0.15, 0.2) is 22.9 Å². The molecule has 2 N–H and O–H groups in total. The summed E-state index contributed by atoms with van der Waals surface area (Å²) in [5, 5.41) is 12.4. The van der Waals surface area contributed by atoms with Gasteiger partial charge in [-0.15, -0.1) is 0 Å². The van der Waals surface area contributed by atoms with E-state index in [1.54, 1.807) is 0 Å². The third-order valence-corrected chi connectivity index (χ3v) is 5.58. The number of rotatable bonds is 4. The maximum absolute atomic E-state index is 11.0. The van der Waals surface area contributed by atoms with Crippen molar-refractivity contribution in [2.24, 2.45) is 5.41 Å². The van der Waals surface area contributed by atoms with Gasteiger partial charge >= 0.3 is 5.97 Å². The molecular formula is C16H21BrN2O3. The van der Waals surface area contributed by atoms with E-state index in [9.17, 15) is 4.79 Å². The number of piperidine rings is 1. The van der Waals surface area contributed by atoms with E-state index in [1.165, 1.54) is 0 Å². The average molecular weight is 369 g/mol. The van der Waals surface area contributed by atoms with E-state index in [4.69, 9.17) is 9.84 Å². The van der Waals surface area contributed by atoms with Crippen LogP contribution < -0.4 is 5.32 Å². The van der Waals surface area contributed by atoms with Gasteiger partial charge in [0, 0.05) is 11.8 Å². The van der Waals surface area contributed by atoms with Crippen molar-refractivity contribution in [3.05, 3.63) is 28.5 Å². The molecule has 1 saturated heterocycles. The number of ether oxygens (including phenoxy) is 1. The molecule has 6 heteroatoms. The fourth-order valence-corrected chi connectivity index (χ4v) is 4.17. The minimum atomic E-state index is -0.921. The van der Waals surface area contributed by atoms with Gasteiger partial charge in [-0.25, -0.2) is 9.78 Å². The van der Waals surface area contributed by atoms with Crippen LogP contribution in [0.1, 0.15) is 37.7 Å². The Labute approximate surface area is 138 Å². The highest BCUT2D eigenvalue weighted by molar-refractivity contribution is 9.10. The second kappa shape index (κ2) is 6.26. The highest BCUT2D eigenvalue weighted by Gasteiger charge is 2.50. The highest BCUT2D eigenvalue weighted by Crippen LogP contribution is 2.55. The first-order valence-corrected chi connectivity index (χ1v) is 8.52. The van der Waals surface area contributed by atoms with Crippen LogP contribution >= 0.6 is 15.9 Å². The molecule has 1 unspecified atom stereocenters. The first kappa shape index (κ1) is 15.9. The monoisotopic (exact) mass is 368 g/mol. The van der Waals surface area contributed by atoms with Gasteiger partial charge in [-0.3, -0.25) is 0 Å². The van der Waals surface area contributed by atoms with Gasteiger partial charge in [0.2, 0.25) is 0 Å². The zero-order valence-corrected chi connectivity index (χ0v) is 14.1. The number of nitrogens with one attached hydrogen (secondary N) is 1. The van der Waals surface area contributed by atoms with Crippen LogP contribution in [0.3, 0.4) is 0 Å². The van der Waals surface area contributed by atoms with Gasteiger partial charge in [0.15, 0.2) is 0 Å². The van der Waals surface area contributed by atoms with Gasteiger partial charge in [0.25, 0.3) is 0 Å². The summed E-state index contributed by atoms with van der Waals surface area (Å²) in [6.45, 7) is 1.81. The van der Waals surface area contributed by atoms with Crippen molar-refractivity contribution in [2.45, 2.75) is 37.7 Å². The number of carboxylic acids is 1. The second-order valence-electron chi connectivity index (χ2n) is 6.47. The summed E-state index contributed by atoms with van der Waals surface area (Å²) in [5.74, 6) is -0.921. The summed E-state index contributed by atoms with van der Waals surface area (Å²) in [5.41, 5.74) is 0.757. The van der Waals surface area contributed by atoms with Gasteiger partial charge in [0.05, 0.1) is 5.60 Å². The zero-order valence-electron chi connectivity index (χ0n) is 12.5. The lowest BCUT2D eigenvalue weighted by molar-refractivity contribution is -0.151. The number of hydrogen-bond acceptors (Lipinski definition) is 4. The molecule has 1 aliphatic heterocycles. The molecule has 1 aliphatic carbocycles. The van der Waals surface area contributed by atoms with Crippen molar-refractivity contribution in [1.29, 1.82) is 0 Å². The van der Waals surface area contributed by atoms with E-state index < -0.39 is 11.6 Å². The first-order chi connectivity index (χ1) is 10.5. The van der Waals surface area contributed by atoms with E-state index in [0.29, 0.717) is 0 Å². The molecule has 120 valence electrons. The van der Waals surface area contributed by atoms with Crippen molar-refractivity contribution in [3.63, 3.8) is 0 Å². The van der Waals surface area contributed by atoms with Crippen LogP contribution in [0, 0.1) is 5.41 Å². The SMILES string of the molecule is O=C(O)COC1(c2ccc(Br)nc2)CCC2(CCNCC2)C1. The maximum atomic E-state index is 11.0. The molecule has 0 amide bonds. The summed E-state index contributed by atoms with van der Waals surface area (Å²) in [6.07, 6.45) is 6.92. The molecule has 2 aliphatic rings. The van der Waals surface area contributed by atoms with Gasteiger partial charge in [-0.05, 0) is 72.6 Å². The Balaban J connectivity index is 1.87. The maximum Gasteiger partial charge on any atom is 0.329 e. The lowest BCUT2D eigenvalue weighted by Crippen LogP contribution is -2.37. The first-order valence-electron chi connectivity index (χ1n) is 7.72. The molecule has 5 nitrogen and oxygen atoms in total. The van der Waals surface area contributed by atoms with Crippen LogP contribution in [0.4, 0.5) is 0 Å². The Morgan fingerprint density at radius 2 is 2.09 bits per heavy atom. The number of aromatic nitrogens is 1. The third-order valence-electron chi connectivity index (χ3n) is 5.11. The normalized spacial score (nSPS) is 27.1. The van der Waals surface area contributed by atoms with Crippen molar-refractivity contribution >= 4 is 21.9 Å².